The fourth-order valence-corrected chi connectivity index (χ4v) is 2.44. The molecule has 2 aromatic rings. The van der Waals surface area contributed by atoms with Crippen LogP contribution in [0, 0.1) is 23.3 Å². The second-order valence-corrected chi connectivity index (χ2v) is 4.80. The first-order chi connectivity index (χ1) is 8.99. The summed E-state index contributed by atoms with van der Waals surface area (Å²) in [5, 5.41) is 0. The van der Waals surface area contributed by atoms with Gasteiger partial charge in [0, 0.05) is 17.0 Å². The van der Waals surface area contributed by atoms with E-state index in [1.54, 1.807) is 0 Å². The Morgan fingerprint density at radius 3 is 2.21 bits per heavy atom. The van der Waals surface area contributed by atoms with Crippen molar-refractivity contribution >= 4 is 17.4 Å². The molecule has 0 aliphatic carbocycles. The molecule has 0 unspecified atom stereocenters. The van der Waals surface area contributed by atoms with Crippen molar-refractivity contribution in [2.45, 2.75) is 10.6 Å². The molecule has 0 aliphatic rings. The summed E-state index contributed by atoms with van der Waals surface area (Å²) in [7, 11) is 0. The predicted molar refractivity (Wildman–Crippen MR) is 66.7 cm³/mol. The van der Waals surface area contributed by atoms with Crippen LogP contribution in [0.4, 0.5) is 23.2 Å². The Labute approximate surface area is 111 Å². The average molecular weight is 287 g/mol. The zero-order valence-corrected chi connectivity index (χ0v) is 10.4. The lowest BCUT2D eigenvalue weighted by molar-refractivity contribution is 0.502. The number of rotatable bonds is 3. The normalized spacial score (nSPS) is 10.7. The molecule has 0 heterocycles. The van der Waals surface area contributed by atoms with E-state index in [9.17, 15) is 17.6 Å². The van der Waals surface area contributed by atoms with Gasteiger partial charge in [-0.15, -0.1) is 11.8 Å². The van der Waals surface area contributed by atoms with Crippen LogP contribution in [-0.4, -0.2) is 0 Å². The molecule has 0 aliphatic heterocycles. The minimum atomic E-state index is -1.01. The van der Waals surface area contributed by atoms with Crippen LogP contribution in [0.5, 0.6) is 0 Å². The first-order valence-corrected chi connectivity index (χ1v) is 6.28. The fourth-order valence-electron chi connectivity index (χ4n) is 1.53. The van der Waals surface area contributed by atoms with Gasteiger partial charge in [-0.3, -0.25) is 0 Å². The zero-order chi connectivity index (χ0) is 14.0. The summed E-state index contributed by atoms with van der Waals surface area (Å²) < 4.78 is 53.3. The SMILES string of the molecule is Nc1cc(F)c(SCc2cccc(F)c2F)c(F)c1. The van der Waals surface area contributed by atoms with Crippen molar-refractivity contribution in [3.63, 3.8) is 0 Å². The molecule has 0 fully saturated rings. The lowest BCUT2D eigenvalue weighted by Gasteiger charge is -2.07. The number of hydrogen-bond acceptors (Lipinski definition) is 2. The van der Waals surface area contributed by atoms with Gasteiger partial charge in [-0.05, 0) is 18.2 Å². The van der Waals surface area contributed by atoms with E-state index >= 15 is 0 Å². The summed E-state index contributed by atoms with van der Waals surface area (Å²) in [5.74, 6) is -3.72. The van der Waals surface area contributed by atoms with Gasteiger partial charge in [-0.2, -0.15) is 0 Å². The van der Waals surface area contributed by atoms with Crippen LogP contribution in [0.15, 0.2) is 35.2 Å². The van der Waals surface area contributed by atoms with Gasteiger partial charge in [0.15, 0.2) is 11.6 Å². The first-order valence-electron chi connectivity index (χ1n) is 5.29. The molecule has 100 valence electrons. The average Bonchev–Trinajstić information content (AvgIpc) is 2.33. The van der Waals surface area contributed by atoms with Crippen molar-refractivity contribution in [3.05, 3.63) is 59.2 Å². The smallest absolute Gasteiger partial charge is 0.162 e. The summed E-state index contributed by atoms with van der Waals surface area (Å²) in [6, 6.07) is 5.64. The van der Waals surface area contributed by atoms with Crippen LogP contribution < -0.4 is 5.73 Å². The highest BCUT2D eigenvalue weighted by Gasteiger charge is 2.13. The fraction of sp³-hybridized carbons (Fsp3) is 0.0769. The van der Waals surface area contributed by atoms with Crippen molar-refractivity contribution in [1.82, 2.24) is 0 Å². The lowest BCUT2D eigenvalue weighted by atomic mass is 10.2. The van der Waals surface area contributed by atoms with E-state index in [1.807, 2.05) is 0 Å². The Bertz CT molecular complexity index is 593. The monoisotopic (exact) mass is 287 g/mol. The number of anilines is 1. The largest absolute Gasteiger partial charge is 0.399 e. The maximum atomic E-state index is 13.5. The van der Waals surface area contributed by atoms with E-state index in [1.165, 1.54) is 12.1 Å². The summed E-state index contributed by atoms with van der Waals surface area (Å²) in [6.07, 6.45) is 0. The Morgan fingerprint density at radius 1 is 0.947 bits per heavy atom. The van der Waals surface area contributed by atoms with Crippen molar-refractivity contribution in [1.29, 1.82) is 0 Å². The third-order valence-electron chi connectivity index (χ3n) is 2.42. The van der Waals surface area contributed by atoms with Crippen LogP contribution in [0.25, 0.3) is 0 Å². The van der Waals surface area contributed by atoms with Gasteiger partial charge in [-0.25, -0.2) is 17.6 Å². The third-order valence-corrected chi connectivity index (χ3v) is 3.56. The van der Waals surface area contributed by atoms with Gasteiger partial charge in [0.2, 0.25) is 0 Å². The molecule has 0 saturated carbocycles. The number of nitrogens with two attached hydrogens (primary N) is 1. The quantitative estimate of drug-likeness (QED) is 0.522. The molecule has 6 heteroatoms. The Morgan fingerprint density at radius 2 is 1.58 bits per heavy atom. The van der Waals surface area contributed by atoms with Crippen LogP contribution in [0.1, 0.15) is 5.56 Å². The molecule has 19 heavy (non-hydrogen) atoms. The number of nitrogen functional groups attached to an aromatic ring is 1. The Kier molecular flexibility index (Phi) is 3.99. The van der Waals surface area contributed by atoms with Crippen LogP contribution in [0.2, 0.25) is 0 Å². The Balaban J connectivity index is 2.22. The van der Waals surface area contributed by atoms with E-state index in [4.69, 9.17) is 5.73 Å². The third kappa shape index (κ3) is 3.01. The first kappa shape index (κ1) is 13.7. The molecule has 0 spiro atoms. The zero-order valence-electron chi connectivity index (χ0n) is 9.59. The van der Waals surface area contributed by atoms with Gasteiger partial charge in [0.1, 0.15) is 11.6 Å². The van der Waals surface area contributed by atoms with E-state index in [2.05, 4.69) is 0 Å². The minimum absolute atomic E-state index is 0.0312. The summed E-state index contributed by atoms with van der Waals surface area (Å²) in [6.45, 7) is 0. The molecular formula is C13H9F4NS. The van der Waals surface area contributed by atoms with Crippen molar-refractivity contribution in [2.75, 3.05) is 5.73 Å². The van der Waals surface area contributed by atoms with E-state index < -0.39 is 23.3 Å². The molecule has 0 aromatic heterocycles. The molecule has 2 rings (SSSR count). The molecule has 2 N–H and O–H groups in total. The minimum Gasteiger partial charge on any atom is -0.399 e. The second kappa shape index (κ2) is 5.52. The van der Waals surface area contributed by atoms with Gasteiger partial charge in [-0.1, -0.05) is 12.1 Å². The molecule has 2 aromatic carbocycles. The van der Waals surface area contributed by atoms with Gasteiger partial charge < -0.3 is 5.73 Å². The van der Waals surface area contributed by atoms with E-state index in [-0.39, 0.29) is 21.9 Å². The van der Waals surface area contributed by atoms with E-state index in [0.29, 0.717) is 0 Å². The molecule has 0 atom stereocenters. The highest BCUT2D eigenvalue weighted by atomic mass is 32.2. The molecule has 0 bridgehead atoms. The van der Waals surface area contributed by atoms with Crippen molar-refractivity contribution in [3.8, 4) is 0 Å². The molecule has 0 amide bonds. The maximum absolute atomic E-state index is 13.5. The van der Waals surface area contributed by atoms with Crippen LogP contribution in [0.3, 0.4) is 0 Å². The van der Waals surface area contributed by atoms with Gasteiger partial charge in [0.25, 0.3) is 0 Å². The Hall–Kier alpha value is -1.69. The van der Waals surface area contributed by atoms with Gasteiger partial charge >= 0.3 is 0 Å². The van der Waals surface area contributed by atoms with Crippen LogP contribution >= 0.6 is 11.8 Å². The number of benzene rings is 2. The summed E-state index contributed by atoms with van der Waals surface area (Å²) in [5.41, 5.74) is 5.29. The number of thioether (sulfide) groups is 1. The molecule has 1 nitrogen and oxygen atoms in total. The molecular weight excluding hydrogens is 278 g/mol. The van der Waals surface area contributed by atoms with Crippen molar-refractivity contribution < 1.29 is 17.6 Å². The number of halogens is 4. The van der Waals surface area contributed by atoms with Gasteiger partial charge in [0.05, 0.1) is 4.90 Å². The van der Waals surface area contributed by atoms with E-state index in [0.717, 1.165) is 30.0 Å². The standard InChI is InChI=1S/C13H9F4NS/c14-9-3-1-2-7(12(9)17)6-19-13-10(15)4-8(18)5-11(13)16/h1-5H,6,18H2. The molecule has 0 saturated heterocycles. The van der Waals surface area contributed by atoms with Crippen molar-refractivity contribution in [2.24, 2.45) is 0 Å². The predicted octanol–water partition coefficient (Wildman–Crippen LogP) is 4.12. The summed E-state index contributed by atoms with van der Waals surface area (Å²) in [4.78, 5) is -0.266. The van der Waals surface area contributed by atoms with Crippen LogP contribution in [-0.2, 0) is 5.75 Å². The highest BCUT2D eigenvalue weighted by molar-refractivity contribution is 7.98. The maximum Gasteiger partial charge on any atom is 0.162 e. The second-order valence-electron chi connectivity index (χ2n) is 3.82. The molecule has 0 radical (unpaired) electrons. The topological polar surface area (TPSA) is 26.0 Å². The number of hydrogen-bond donors (Lipinski definition) is 1. The highest BCUT2D eigenvalue weighted by Crippen LogP contribution is 2.30. The summed E-state index contributed by atoms with van der Waals surface area (Å²) >= 11 is 0.746. The lowest BCUT2D eigenvalue weighted by Crippen LogP contribution is -1.95.